The van der Waals surface area contributed by atoms with Crippen molar-refractivity contribution >= 4 is 37.8 Å². The second-order valence-corrected chi connectivity index (χ2v) is 6.40. The van der Waals surface area contributed by atoms with Crippen molar-refractivity contribution in [3.05, 3.63) is 62.3 Å². The van der Waals surface area contributed by atoms with Crippen molar-refractivity contribution in [2.75, 3.05) is 7.11 Å². The number of hydrogen-bond acceptors (Lipinski definition) is 3. The number of benzene rings is 2. The smallest absolute Gasteiger partial charge is 0.310 e. The zero-order valence-corrected chi connectivity index (χ0v) is 14.9. The van der Waals surface area contributed by atoms with Crippen molar-refractivity contribution < 1.29 is 18.7 Å². The minimum atomic E-state index is -0.444. The Morgan fingerprint density at radius 1 is 1.14 bits per heavy atom. The van der Waals surface area contributed by atoms with E-state index in [9.17, 15) is 9.18 Å². The molecule has 2 rings (SSSR count). The summed E-state index contributed by atoms with van der Waals surface area (Å²) in [4.78, 5) is 11.4. The van der Waals surface area contributed by atoms with Crippen LogP contribution in [-0.2, 0) is 22.6 Å². The number of halogens is 3. The van der Waals surface area contributed by atoms with E-state index in [0.717, 1.165) is 14.5 Å². The molecule has 0 aliphatic rings. The minimum Gasteiger partial charge on any atom is -0.489 e. The lowest BCUT2D eigenvalue weighted by Gasteiger charge is -2.12. The highest BCUT2D eigenvalue weighted by atomic mass is 79.9. The Kier molecular flexibility index (Phi) is 5.97. The molecule has 116 valence electrons. The summed E-state index contributed by atoms with van der Waals surface area (Å²) in [6, 6.07) is 9.86. The third kappa shape index (κ3) is 4.81. The average Bonchev–Trinajstić information content (AvgIpc) is 2.45. The Bertz CT molecular complexity index is 669. The molecule has 0 saturated carbocycles. The zero-order valence-electron chi connectivity index (χ0n) is 11.7. The van der Waals surface area contributed by atoms with Gasteiger partial charge in [0.15, 0.2) is 0 Å². The van der Waals surface area contributed by atoms with Gasteiger partial charge in [-0.15, -0.1) is 0 Å². The predicted molar refractivity (Wildman–Crippen MR) is 88.3 cm³/mol. The Balaban J connectivity index is 2.16. The highest BCUT2D eigenvalue weighted by Gasteiger charge is 2.11. The van der Waals surface area contributed by atoms with Crippen LogP contribution in [0.4, 0.5) is 4.39 Å². The van der Waals surface area contributed by atoms with Gasteiger partial charge in [0.25, 0.3) is 0 Å². The van der Waals surface area contributed by atoms with Crippen LogP contribution in [0.25, 0.3) is 0 Å². The molecule has 2 aromatic carbocycles. The monoisotopic (exact) mass is 430 g/mol. The first-order chi connectivity index (χ1) is 10.5. The van der Waals surface area contributed by atoms with Gasteiger partial charge in [0.1, 0.15) is 18.2 Å². The minimum absolute atomic E-state index is 0.0359. The van der Waals surface area contributed by atoms with E-state index in [4.69, 9.17) is 4.74 Å². The largest absolute Gasteiger partial charge is 0.489 e. The summed E-state index contributed by atoms with van der Waals surface area (Å²) in [6.45, 7) is 0.303. The first kappa shape index (κ1) is 17.0. The molecule has 22 heavy (non-hydrogen) atoms. The van der Waals surface area contributed by atoms with Crippen LogP contribution in [0.15, 0.2) is 45.3 Å². The van der Waals surface area contributed by atoms with Gasteiger partial charge in [-0.25, -0.2) is 4.39 Å². The summed E-state index contributed by atoms with van der Waals surface area (Å²) in [7, 11) is 1.29. The molecule has 0 saturated heterocycles. The average molecular weight is 432 g/mol. The van der Waals surface area contributed by atoms with Gasteiger partial charge in [-0.05, 0) is 42.0 Å². The van der Waals surface area contributed by atoms with Crippen molar-refractivity contribution in [1.29, 1.82) is 0 Å². The Morgan fingerprint density at radius 3 is 2.45 bits per heavy atom. The maximum atomic E-state index is 13.4. The van der Waals surface area contributed by atoms with Gasteiger partial charge in [-0.1, -0.05) is 31.9 Å². The summed E-state index contributed by atoms with van der Waals surface area (Å²) >= 11 is 6.82. The number of hydrogen-bond donors (Lipinski definition) is 0. The molecule has 0 fully saturated rings. The van der Waals surface area contributed by atoms with Gasteiger partial charge in [0.05, 0.1) is 13.5 Å². The summed E-state index contributed by atoms with van der Waals surface area (Å²) in [5, 5.41) is 0. The van der Waals surface area contributed by atoms with Crippen LogP contribution in [0.2, 0.25) is 0 Å². The molecular formula is C16H13Br2FO3. The number of esters is 1. The lowest BCUT2D eigenvalue weighted by atomic mass is 10.1. The standard InChI is InChI=1S/C16H13Br2FO3/c1-21-16(20)7-11-6-14(19)2-3-15(11)22-9-10-4-12(17)8-13(18)5-10/h2-6,8H,7,9H2,1H3. The third-order valence-electron chi connectivity index (χ3n) is 2.90. The number of carbonyl (C=O) groups is 1. The Hall–Kier alpha value is -1.40. The Morgan fingerprint density at radius 2 is 1.82 bits per heavy atom. The maximum absolute atomic E-state index is 13.4. The molecule has 0 amide bonds. The molecule has 0 N–H and O–H groups in total. The van der Waals surface area contributed by atoms with Gasteiger partial charge < -0.3 is 9.47 Å². The van der Waals surface area contributed by atoms with Crippen LogP contribution in [-0.4, -0.2) is 13.1 Å². The first-order valence-electron chi connectivity index (χ1n) is 6.41. The summed E-state index contributed by atoms with van der Waals surface area (Å²) < 4.78 is 25.5. The van der Waals surface area contributed by atoms with E-state index >= 15 is 0 Å². The lowest BCUT2D eigenvalue weighted by Crippen LogP contribution is -2.07. The van der Waals surface area contributed by atoms with E-state index < -0.39 is 11.8 Å². The quantitative estimate of drug-likeness (QED) is 0.646. The number of rotatable bonds is 5. The second kappa shape index (κ2) is 7.74. The van der Waals surface area contributed by atoms with Gasteiger partial charge >= 0.3 is 5.97 Å². The molecule has 0 spiro atoms. The van der Waals surface area contributed by atoms with E-state index in [1.165, 1.54) is 25.3 Å². The predicted octanol–water partition coefficient (Wildman–Crippen LogP) is 4.65. The topological polar surface area (TPSA) is 35.5 Å². The molecule has 0 radical (unpaired) electrons. The SMILES string of the molecule is COC(=O)Cc1cc(F)ccc1OCc1cc(Br)cc(Br)c1. The summed E-state index contributed by atoms with van der Waals surface area (Å²) in [5.74, 6) is -0.403. The highest BCUT2D eigenvalue weighted by Crippen LogP contribution is 2.24. The van der Waals surface area contributed by atoms with E-state index in [2.05, 4.69) is 36.6 Å². The fourth-order valence-corrected chi connectivity index (χ4v) is 3.30. The summed E-state index contributed by atoms with van der Waals surface area (Å²) in [5.41, 5.74) is 1.40. The van der Waals surface area contributed by atoms with Crippen molar-refractivity contribution in [3.8, 4) is 5.75 Å². The zero-order chi connectivity index (χ0) is 16.1. The molecule has 0 aliphatic carbocycles. The molecule has 0 aliphatic heterocycles. The molecule has 0 atom stereocenters. The molecule has 0 heterocycles. The molecule has 2 aromatic rings. The molecular weight excluding hydrogens is 419 g/mol. The normalized spacial score (nSPS) is 10.4. The maximum Gasteiger partial charge on any atom is 0.310 e. The summed E-state index contributed by atoms with van der Waals surface area (Å²) in [6.07, 6.45) is -0.0359. The van der Waals surface area contributed by atoms with Crippen LogP contribution in [0.1, 0.15) is 11.1 Å². The van der Waals surface area contributed by atoms with Crippen molar-refractivity contribution in [3.63, 3.8) is 0 Å². The van der Waals surface area contributed by atoms with E-state index in [0.29, 0.717) is 17.9 Å². The third-order valence-corrected chi connectivity index (χ3v) is 3.82. The van der Waals surface area contributed by atoms with Crippen molar-refractivity contribution in [1.82, 2.24) is 0 Å². The molecule has 0 unspecified atom stereocenters. The van der Waals surface area contributed by atoms with E-state index in [1.54, 1.807) is 0 Å². The first-order valence-corrected chi connectivity index (χ1v) is 7.99. The molecule has 0 aromatic heterocycles. The van der Waals surface area contributed by atoms with E-state index in [1.807, 2.05) is 18.2 Å². The molecule has 6 heteroatoms. The molecule has 0 bridgehead atoms. The molecule has 3 nitrogen and oxygen atoms in total. The van der Waals surface area contributed by atoms with Crippen LogP contribution in [0.3, 0.4) is 0 Å². The van der Waals surface area contributed by atoms with Crippen LogP contribution in [0.5, 0.6) is 5.75 Å². The van der Waals surface area contributed by atoms with Gasteiger partial charge in [-0.3, -0.25) is 4.79 Å². The highest BCUT2D eigenvalue weighted by molar-refractivity contribution is 9.11. The van der Waals surface area contributed by atoms with E-state index in [-0.39, 0.29) is 6.42 Å². The van der Waals surface area contributed by atoms with Crippen LogP contribution < -0.4 is 4.74 Å². The van der Waals surface area contributed by atoms with Gasteiger partial charge in [0.2, 0.25) is 0 Å². The fourth-order valence-electron chi connectivity index (χ4n) is 1.91. The van der Waals surface area contributed by atoms with Crippen LogP contribution >= 0.6 is 31.9 Å². The van der Waals surface area contributed by atoms with Crippen LogP contribution in [0, 0.1) is 5.82 Å². The lowest BCUT2D eigenvalue weighted by molar-refractivity contribution is -0.139. The van der Waals surface area contributed by atoms with Crippen molar-refractivity contribution in [2.45, 2.75) is 13.0 Å². The Labute approximate surface area is 144 Å². The van der Waals surface area contributed by atoms with Crippen molar-refractivity contribution in [2.24, 2.45) is 0 Å². The number of methoxy groups -OCH3 is 1. The van der Waals surface area contributed by atoms with Gasteiger partial charge in [-0.2, -0.15) is 0 Å². The number of ether oxygens (including phenoxy) is 2. The fraction of sp³-hybridized carbons (Fsp3) is 0.188. The second-order valence-electron chi connectivity index (χ2n) is 4.57. The number of carbonyl (C=O) groups excluding carboxylic acids is 1. The van der Waals surface area contributed by atoms with Gasteiger partial charge in [0, 0.05) is 14.5 Å².